The van der Waals surface area contributed by atoms with E-state index in [1.54, 1.807) is 5.57 Å². The number of hydrogen-bond donors (Lipinski definition) is 2. The lowest BCUT2D eigenvalue weighted by atomic mass is 9.47. The van der Waals surface area contributed by atoms with E-state index < -0.39 is 0 Å². The van der Waals surface area contributed by atoms with Crippen molar-refractivity contribution in [3.63, 3.8) is 0 Å². The van der Waals surface area contributed by atoms with Crippen LogP contribution in [0, 0.1) is 34.5 Å². The molecule has 0 heterocycles. The van der Waals surface area contributed by atoms with Gasteiger partial charge in [0.1, 0.15) is 5.78 Å². The van der Waals surface area contributed by atoms with Crippen LogP contribution in [0.1, 0.15) is 72.1 Å². The maximum Gasteiger partial charge on any atom is 0.133 e. The summed E-state index contributed by atoms with van der Waals surface area (Å²) in [7, 11) is 0. The number of Topliss-reactive ketones (excluding diaryl/α,β-unsaturated/α-hetero) is 1. The van der Waals surface area contributed by atoms with Crippen LogP contribution in [-0.4, -0.2) is 22.5 Å². The molecule has 0 aliphatic heterocycles. The predicted molar refractivity (Wildman–Crippen MR) is 93.8 cm³/mol. The molecule has 4 rings (SSSR count). The molecular formula is C21H33O3. The fraction of sp³-hybridized carbons (Fsp3) is 0.857. The van der Waals surface area contributed by atoms with Gasteiger partial charge in [-0.3, -0.25) is 10.3 Å². The van der Waals surface area contributed by atoms with Crippen molar-refractivity contribution in [1.82, 2.24) is 0 Å². The zero-order chi connectivity index (χ0) is 16.4. The van der Waals surface area contributed by atoms with Crippen LogP contribution in [-0.2, 0) is 4.79 Å². The molecule has 3 heteroatoms. The largest absolute Gasteiger partial charge is 0.393 e. The van der Waals surface area contributed by atoms with Gasteiger partial charge in [-0.15, -0.1) is 0 Å². The number of ketones is 1. The second-order valence-electron chi connectivity index (χ2n) is 9.44. The third-order valence-electron chi connectivity index (χ3n) is 8.57. The number of fused-ring (bicyclic) bond motifs is 5. The average Bonchev–Trinajstić information content (AvgIpc) is 2.85. The number of carbonyl (C=O) groups is 1. The Morgan fingerprint density at radius 2 is 1.88 bits per heavy atom. The quantitative estimate of drug-likeness (QED) is 0.701. The zero-order valence-corrected chi connectivity index (χ0v) is 15.4. The van der Waals surface area contributed by atoms with Gasteiger partial charge in [0.2, 0.25) is 0 Å². The Kier molecular flexibility index (Phi) is 4.49. The van der Waals surface area contributed by atoms with Gasteiger partial charge in [0.25, 0.3) is 0 Å². The number of allylic oxidation sites excluding steroid dienone is 1. The van der Waals surface area contributed by atoms with Gasteiger partial charge in [0.05, 0.1) is 6.10 Å². The van der Waals surface area contributed by atoms with E-state index in [0.29, 0.717) is 17.1 Å². The SMILES string of the molecule is CC(=O)[C@H]1CC[C@H]2[C@@H]3CC=C4C[C@@H](O)CC[C@]4(C)[C@H]3CC[C@]12C.[OH]. The Hall–Kier alpha value is -0.670. The molecule has 0 amide bonds. The summed E-state index contributed by atoms with van der Waals surface area (Å²) in [5.41, 5.74) is 2.11. The van der Waals surface area contributed by atoms with Gasteiger partial charge < -0.3 is 5.11 Å². The van der Waals surface area contributed by atoms with Crippen LogP contribution in [0.4, 0.5) is 0 Å². The summed E-state index contributed by atoms with van der Waals surface area (Å²) in [6, 6.07) is 0. The molecule has 3 fully saturated rings. The second-order valence-corrected chi connectivity index (χ2v) is 9.44. The van der Waals surface area contributed by atoms with Crippen molar-refractivity contribution >= 4 is 5.78 Å². The van der Waals surface area contributed by atoms with Crippen molar-refractivity contribution in [1.29, 1.82) is 0 Å². The normalized spacial score (nSPS) is 50.0. The molecule has 2 N–H and O–H groups in total. The first-order valence-electron chi connectivity index (χ1n) is 9.74. The molecule has 3 saturated carbocycles. The molecule has 0 spiro atoms. The van der Waals surface area contributed by atoms with Crippen LogP contribution in [0.15, 0.2) is 11.6 Å². The minimum absolute atomic E-state index is 0. The maximum atomic E-state index is 12.2. The lowest BCUT2D eigenvalue weighted by Gasteiger charge is -2.57. The summed E-state index contributed by atoms with van der Waals surface area (Å²) in [6.07, 6.45) is 11.5. The monoisotopic (exact) mass is 333 g/mol. The van der Waals surface area contributed by atoms with E-state index in [-0.39, 0.29) is 17.0 Å². The van der Waals surface area contributed by atoms with E-state index in [0.717, 1.165) is 43.4 Å². The highest BCUT2D eigenvalue weighted by Crippen LogP contribution is 2.66. The predicted octanol–water partition coefficient (Wildman–Crippen LogP) is 4.34. The molecule has 0 aromatic heterocycles. The van der Waals surface area contributed by atoms with Crippen LogP contribution in [0.25, 0.3) is 0 Å². The Morgan fingerprint density at radius 1 is 1.12 bits per heavy atom. The first-order valence-corrected chi connectivity index (χ1v) is 9.74. The minimum atomic E-state index is -0.117. The van der Waals surface area contributed by atoms with E-state index in [1.807, 2.05) is 6.92 Å². The Morgan fingerprint density at radius 3 is 2.58 bits per heavy atom. The van der Waals surface area contributed by atoms with Crippen LogP contribution in [0.3, 0.4) is 0 Å². The Bertz CT molecular complexity index is 553. The van der Waals surface area contributed by atoms with Gasteiger partial charge in [-0.1, -0.05) is 25.5 Å². The highest BCUT2D eigenvalue weighted by molar-refractivity contribution is 5.79. The van der Waals surface area contributed by atoms with Crippen LogP contribution >= 0.6 is 0 Å². The molecule has 4 aliphatic rings. The summed E-state index contributed by atoms with van der Waals surface area (Å²) in [6.45, 7) is 6.70. The van der Waals surface area contributed by atoms with E-state index in [1.165, 1.54) is 25.7 Å². The highest BCUT2D eigenvalue weighted by Gasteiger charge is 2.59. The average molecular weight is 333 g/mol. The molecule has 0 aromatic rings. The summed E-state index contributed by atoms with van der Waals surface area (Å²) in [5, 5.41) is 10.1. The fourth-order valence-electron chi connectivity index (χ4n) is 7.31. The van der Waals surface area contributed by atoms with Crippen LogP contribution in [0.2, 0.25) is 0 Å². The number of aliphatic hydroxyl groups is 1. The van der Waals surface area contributed by atoms with Crippen LogP contribution < -0.4 is 0 Å². The standard InChI is InChI=1S/C21H32O2.HO/c1-13(22)17-6-7-18-16-5-4-14-12-15(23)8-10-20(14,2)19(16)9-11-21(17,18)3;/h4,15-19,23H,5-12H2,1-3H3;1H/t15-,16-,17+,18-,19-,20-,21+;/m0./s1. The van der Waals surface area contributed by atoms with Crippen molar-refractivity contribution in [2.45, 2.75) is 78.2 Å². The number of rotatable bonds is 1. The second kappa shape index (κ2) is 5.95. The van der Waals surface area contributed by atoms with Gasteiger partial charge in [0, 0.05) is 5.92 Å². The summed E-state index contributed by atoms with van der Waals surface area (Å²) >= 11 is 0. The molecule has 7 atom stereocenters. The van der Waals surface area contributed by atoms with Gasteiger partial charge in [-0.05, 0) is 86.9 Å². The highest BCUT2D eigenvalue weighted by atomic mass is 16.3. The number of carbonyl (C=O) groups excluding carboxylic acids is 1. The smallest absolute Gasteiger partial charge is 0.133 e. The third-order valence-corrected chi connectivity index (χ3v) is 8.57. The van der Waals surface area contributed by atoms with Crippen molar-refractivity contribution in [3.8, 4) is 0 Å². The molecular weight excluding hydrogens is 300 g/mol. The first-order chi connectivity index (χ1) is 10.9. The Labute approximate surface area is 146 Å². The minimum Gasteiger partial charge on any atom is -0.393 e. The van der Waals surface area contributed by atoms with Gasteiger partial charge in [-0.25, -0.2) is 0 Å². The van der Waals surface area contributed by atoms with Crippen LogP contribution in [0.5, 0.6) is 0 Å². The van der Waals surface area contributed by atoms with Crippen molar-refractivity contribution < 1.29 is 15.4 Å². The van der Waals surface area contributed by atoms with E-state index >= 15 is 0 Å². The molecule has 0 unspecified atom stereocenters. The lowest BCUT2D eigenvalue weighted by Crippen LogP contribution is -2.50. The zero-order valence-electron chi connectivity index (χ0n) is 15.4. The van der Waals surface area contributed by atoms with E-state index in [9.17, 15) is 9.90 Å². The fourth-order valence-corrected chi connectivity index (χ4v) is 7.31. The molecule has 1 radical (unpaired) electrons. The summed E-state index contributed by atoms with van der Waals surface area (Å²) in [4.78, 5) is 12.2. The topological polar surface area (TPSA) is 67.3 Å². The van der Waals surface area contributed by atoms with Crippen molar-refractivity contribution in [3.05, 3.63) is 11.6 Å². The number of hydrogen-bond acceptors (Lipinski definition) is 2. The molecule has 24 heavy (non-hydrogen) atoms. The molecule has 4 aliphatic carbocycles. The van der Waals surface area contributed by atoms with E-state index in [4.69, 9.17) is 0 Å². The van der Waals surface area contributed by atoms with Crippen molar-refractivity contribution in [2.24, 2.45) is 34.5 Å². The van der Waals surface area contributed by atoms with Crippen molar-refractivity contribution in [2.75, 3.05) is 0 Å². The molecule has 3 nitrogen and oxygen atoms in total. The summed E-state index contributed by atoms with van der Waals surface area (Å²) < 4.78 is 0. The molecule has 135 valence electrons. The van der Waals surface area contributed by atoms with Gasteiger partial charge in [0.15, 0.2) is 0 Å². The molecule has 0 saturated heterocycles. The Balaban J connectivity index is 0.00000169. The van der Waals surface area contributed by atoms with Gasteiger partial charge in [-0.2, -0.15) is 0 Å². The molecule has 0 bridgehead atoms. The third kappa shape index (κ3) is 2.34. The van der Waals surface area contributed by atoms with E-state index in [2.05, 4.69) is 19.9 Å². The maximum absolute atomic E-state index is 12.2. The lowest BCUT2D eigenvalue weighted by molar-refractivity contribution is -0.127. The van der Waals surface area contributed by atoms with Gasteiger partial charge >= 0.3 is 0 Å². The first kappa shape index (κ1) is 18.1. The number of aliphatic hydroxyl groups excluding tert-OH is 1. The summed E-state index contributed by atoms with van der Waals surface area (Å²) in [5.74, 6) is 3.00. The molecule has 0 aromatic carbocycles.